The largest absolute Gasteiger partial charge is 0.329 e. The zero-order valence-electron chi connectivity index (χ0n) is 11.8. The lowest BCUT2D eigenvalue weighted by Crippen LogP contribution is -2.53. The van der Waals surface area contributed by atoms with E-state index in [4.69, 9.17) is 5.73 Å². The Morgan fingerprint density at radius 1 is 1.50 bits per heavy atom. The third kappa shape index (κ3) is 2.76. The van der Waals surface area contributed by atoms with E-state index in [9.17, 15) is 0 Å². The number of nitrogens with zero attached hydrogens (tertiary/aromatic N) is 2. The lowest BCUT2D eigenvalue weighted by Gasteiger charge is -2.45. The molecule has 2 N–H and O–H groups in total. The quantitative estimate of drug-likeness (QED) is 0.912. The number of hydrogen-bond acceptors (Lipinski definition) is 4. The highest BCUT2D eigenvalue weighted by atomic mass is 32.1. The molecular formula is C14H25N3S. The molecule has 0 unspecified atom stereocenters. The summed E-state index contributed by atoms with van der Waals surface area (Å²) in [5, 5.41) is 0. The first-order valence-corrected chi connectivity index (χ1v) is 7.75. The van der Waals surface area contributed by atoms with Crippen molar-refractivity contribution in [3.05, 3.63) is 16.1 Å². The second-order valence-electron chi connectivity index (χ2n) is 5.83. The zero-order valence-corrected chi connectivity index (χ0v) is 12.6. The Kier molecular flexibility index (Phi) is 4.41. The van der Waals surface area contributed by atoms with Gasteiger partial charge in [0, 0.05) is 23.5 Å². The highest BCUT2D eigenvalue weighted by Crippen LogP contribution is 2.36. The molecule has 1 heterocycles. The molecule has 1 aromatic heterocycles. The zero-order chi connectivity index (χ0) is 13.2. The number of aromatic nitrogens is 1. The molecule has 3 nitrogen and oxygen atoms in total. The summed E-state index contributed by atoms with van der Waals surface area (Å²) >= 11 is 1.76. The standard InChI is InChI=1S/C14H25N3S/c1-11-4-6-14(9-15,7-5-11)17(3)8-13-12(2)16-10-18-13/h10-11H,4-9,15H2,1-3H3. The maximum absolute atomic E-state index is 6.10. The first kappa shape index (κ1) is 14.0. The maximum Gasteiger partial charge on any atom is 0.0798 e. The van der Waals surface area contributed by atoms with Crippen LogP contribution in [0.15, 0.2) is 5.51 Å². The SMILES string of the molecule is Cc1ncsc1CN(C)C1(CN)CCC(C)CC1. The average Bonchev–Trinajstić information content (AvgIpc) is 2.76. The summed E-state index contributed by atoms with van der Waals surface area (Å²) < 4.78 is 0. The normalized spacial score (nSPS) is 28.8. The first-order chi connectivity index (χ1) is 8.57. The molecule has 0 bridgehead atoms. The summed E-state index contributed by atoms with van der Waals surface area (Å²) in [4.78, 5) is 8.19. The summed E-state index contributed by atoms with van der Waals surface area (Å²) in [6.07, 6.45) is 5.09. The molecule has 1 fully saturated rings. The number of nitrogens with two attached hydrogens (primary N) is 1. The fraction of sp³-hybridized carbons (Fsp3) is 0.786. The first-order valence-electron chi connectivity index (χ1n) is 6.87. The van der Waals surface area contributed by atoms with Crippen molar-refractivity contribution < 1.29 is 0 Å². The van der Waals surface area contributed by atoms with E-state index < -0.39 is 0 Å². The number of thiazole rings is 1. The van der Waals surface area contributed by atoms with Gasteiger partial charge in [0.2, 0.25) is 0 Å². The Bertz CT molecular complexity index is 380. The predicted molar refractivity (Wildman–Crippen MR) is 77.7 cm³/mol. The van der Waals surface area contributed by atoms with Crippen molar-refractivity contribution >= 4 is 11.3 Å². The van der Waals surface area contributed by atoms with Crippen LogP contribution in [0.1, 0.15) is 43.2 Å². The fourth-order valence-electron chi connectivity index (χ4n) is 2.90. The van der Waals surface area contributed by atoms with Crippen LogP contribution in [0, 0.1) is 12.8 Å². The topological polar surface area (TPSA) is 42.2 Å². The van der Waals surface area contributed by atoms with Gasteiger partial charge in [0.1, 0.15) is 0 Å². The molecule has 1 aliphatic rings. The van der Waals surface area contributed by atoms with Gasteiger partial charge >= 0.3 is 0 Å². The van der Waals surface area contributed by atoms with Gasteiger partial charge in [-0.15, -0.1) is 11.3 Å². The van der Waals surface area contributed by atoms with Gasteiger partial charge in [-0.05, 0) is 45.6 Å². The minimum absolute atomic E-state index is 0.211. The molecule has 0 atom stereocenters. The van der Waals surface area contributed by atoms with E-state index in [1.54, 1.807) is 11.3 Å². The van der Waals surface area contributed by atoms with E-state index in [-0.39, 0.29) is 5.54 Å². The predicted octanol–water partition coefficient (Wildman–Crippen LogP) is 2.79. The Balaban J connectivity index is 2.06. The molecule has 1 saturated carbocycles. The van der Waals surface area contributed by atoms with Crippen LogP contribution in [0.3, 0.4) is 0 Å². The molecule has 0 aromatic carbocycles. The number of aryl methyl sites for hydroxylation is 1. The van der Waals surface area contributed by atoms with Crippen LogP contribution in [0.5, 0.6) is 0 Å². The van der Waals surface area contributed by atoms with Gasteiger partial charge in [-0.3, -0.25) is 4.90 Å². The Morgan fingerprint density at radius 3 is 2.67 bits per heavy atom. The molecule has 0 amide bonds. The van der Waals surface area contributed by atoms with Crippen molar-refractivity contribution in [2.45, 2.75) is 51.6 Å². The summed E-state index contributed by atoms with van der Waals surface area (Å²) in [5.41, 5.74) is 9.42. The van der Waals surface area contributed by atoms with Crippen molar-refractivity contribution in [2.75, 3.05) is 13.6 Å². The van der Waals surface area contributed by atoms with Crippen LogP contribution in [0.25, 0.3) is 0 Å². The van der Waals surface area contributed by atoms with Crippen molar-refractivity contribution in [3.8, 4) is 0 Å². The van der Waals surface area contributed by atoms with Gasteiger partial charge in [-0.1, -0.05) is 6.92 Å². The number of likely N-dealkylation sites (N-methyl/N-ethyl adjacent to an activating group) is 1. The second-order valence-corrected chi connectivity index (χ2v) is 6.77. The molecule has 0 saturated heterocycles. The monoisotopic (exact) mass is 267 g/mol. The summed E-state index contributed by atoms with van der Waals surface area (Å²) in [6.45, 7) is 6.21. The molecule has 1 aliphatic carbocycles. The van der Waals surface area contributed by atoms with E-state index in [0.29, 0.717) is 0 Å². The van der Waals surface area contributed by atoms with E-state index in [2.05, 4.69) is 30.8 Å². The Labute approximate surface area is 114 Å². The van der Waals surface area contributed by atoms with Crippen LogP contribution in [0.2, 0.25) is 0 Å². The molecule has 4 heteroatoms. The highest BCUT2D eigenvalue weighted by molar-refractivity contribution is 7.09. The van der Waals surface area contributed by atoms with Gasteiger partial charge in [0.05, 0.1) is 11.2 Å². The second kappa shape index (κ2) is 5.68. The minimum atomic E-state index is 0.211. The third-order valence-corrected chi connectivity index (χ3v) is 5.54. The van der Waals surface area contributed by atoms with E-state index >= 15 is 0 Å². The lowest BCUT2D eigenvalue weighted by molar-refractivity contribution is 0.0622. The minimum Gasteiger partial charge on any atom is -0.329 e. The van der Waals surface area contributed by atoms with Crippen LogP contribution in [-0.2, 0) is 6.54 Å². The molecular weight excluding hydrogens is 242 g/mol. The van der Waals surface area contributed by atoms with Gasteiger partial charge < -0.3 is 5.73 Å². The van der Waals surface area contributed by atoms with Crippen molar-refractivity contribution in [1.29, 1.82) is 0 Å². The molecule has 1 aromatic rings. The van der Waals surface area contributed by atoms with E-state index in [1.165, 1.54) is 36.3 Å². The third-order valence-electron chi connectivity index (χ3n) is 4.62. The van der Waals surface area contributed by atoms with Crippen molar-refractivity contribution in [1.82, 2.24) is 9.88 Å². The van der Waals surface area contributed by atoms with Crippen molar-refractivity contribution in [3.63, 3.8) is 0 Å². The molecule has 18 heavy (non-hydrogen) atoms. The summed E-state index contributed by atoms with van der Waals surface area (Å²) in [6, 6.07) is 0. The summed E-state index contributed by atoms with van der Waals surface area (Å²) in [7, 11) is 2.22. The van der Waals surface area contributed by atoms with E-state index in [1.807, 2.05) is 5.51 Å². The number of hydrogen-bond donors (Lipinski definition) is 1. The lowest BCUT2D eigenvalue weighted by atomic mass is 9.76. The Morgan fingerprint density at radius 2 is 2.17 bits per heavy atom. The molecule has 0 aliphatic heterocycles. The maximum atomic E-state index is 6.10. The fourth-order valence-corrected chi connectivity index (χ4v) is 3.73. The summed E-state index contributed by atoms with van der Waals surface area (Å²) in [5.74, 6) is 0.864. The van der Waals surface area contributed by atoms with Crippen LogP contribution in [0.4, 0.5) is 0 Å². The van der Waals surface area contributed by atoms with Crippen molar-refractivity contribution in [2.24, 2.45) is 11.7 Å². The van der Waals surface area contributed by atoms with E-state index in [0.717, 1.165) is 19.0 Å². The van der Waals surface area contributed by atoms with Crippen LogP contribution < -0.4 is 5.73 Å². The van der Waals surface area contributed by atoms with Gasteiger partial charge in [0.25, 0.3) is 0 Å². The highest BCUT2D eigenvalue weighted by Gasteiger charge is 2.36. The average molecular weight is 267 g/mol. The smallest absolute Gasteiger partial charge is 0.0798 e. The van der Waals surface area contributed by atoms with Gasteiger partial charge in [-0.25, -0.2) is 4.98 Å². The molecule has 2 rings (SSSR count). The number of rotatable bonds is 4. The van der Waals surface area contributed by atoms with Crippen LogP contribution in [-0.4, -0.2) is 29.0 Å². The van der Waals surface area contributed by atoms with Gasteiger partial charge in [0.15, 0.2) is 0 Å². The van der Waals surface area contributed by atoms with Gasteiger partial charge in [-0.2, -0.15) is 0 Å². The molecule has 0 spiro atoms. The molecule has 0 radical (unpaired) electrons. The van der Waals surface area contributed by atoms with Crippen LogP contribution >= 0.6 is 11.3 Å². The Hall–Kier alpha value is -0.450. The molecule has 102 valence electrons.